The van der Waals surface area contributed by atoms with Crippen LogP contribution >= 0.6 is 0 Å². The summed E-state index contributed by atoms with van der Waals surface area (Å²) in [6, 6.07) is 10.1. The fourth-order valence-electron chi connectivity index (χ4n) is 6.67. The number of ether oxygens (including phenoxy) is 8. The number of ketones is 2. The van der Waals surface area contributed by atoms with Crippen LogP contribution in [0.3, 0.4) is 0 Å². The van der Waals surface area contributed by atoms with E-state index in [1.54, 1.807) is 50.6 Å². The first-order chi connectivity index (χ1) is 26.7. The number of methoxy groups -OCH3 is 4. The van der Waals surface area contributed by atoms with Crippen molar-refractivity contribution in [2.24, 2.45) is 0 Å². The van der Waals surface area contributed by atoms with Gasteiger partial charge in [-0.15, -0.1) is 0 Å². The summed E-state index contributed by atoms with van der Waals surface area (Å²) in [5, 5.41) is 0. The van der Waals surface area contributed by atoms with Crippen LogP contribution in [-0.2, 0) is 28.5 Å². The van der Waals surface area contributed by atoms with Gasteiger partial charge in [0.2, 0.25) is 0 Å². The molecule has 14 nitrogen and oxygen atoms in total. The topological polar surface area (TPSA) is 149 Å². The summed E-state index contributed by atoms with van der Waals surface area (Å²) < 4.78 is 43.8. The highest BCUT2D eigenvalue weighted by molar-refractivity contribution is 5.98. The average Bonchev–Trinajstić information content (AvgIpc) is 3.22. The molecule has 0 N–H and O–H groups in total. The number of likely N-dealkylation sites (tertiary alicyclic amines) is 2. The Labute approximate surface area is 324 Å². The monoisotopic (exact) mass is 770 g/mol. The van der Waals surface area contributed by atoms with Gasteiger partial charge in [0.15, 0.2) is 34.6 Å². The lowest BCUT2D eigenvalue weighted by Crippen LogP contribution is -2.41. The lowest BCUT2D eigenvalue weighted by molar-refractivity contribution is -0.144. The number of esters is 2. The van der Waals surface area contributed by atoms with Crippen molar-refractivity contribution in [1.29, 1.82) is 0 Å². The number of hydrogen-bond donors (Lipinski definition) is 0. The van der Waals surface area contributed by atoms with Gasteiger partial charge in [-0.25, -0.2) is 0 Å². The highest BCUT2D eigenvalue weighted by Crippen LogP contribution is 2.29. The first-order valence-electron chi connectivity index (χ1n) is 19.2. The van der Waals surface area contributed by atoms with E-state index in [2.05, 4.69) is 9.80 Å². The van der Waals surface area contributed by atoms with Crippen molar-refractivity contribution in [1.82, 2.24) is 9.80 Å². The molecule has 2 aromatic rings. The molecule has 2 unspecified atom stereocenters. The van der Waals surface area contributed by atoms with Crippen molar-refractivity contribution in [2.75, 3.05) is 94.1 Å². The smallest absolute Gasteiger partial charge is 0.307 e. The summed E-state index contributed by atoms with van der Waals surface area (Å²) in [4.78, 5) is 54.5. The molecule has 2 fully saturated rings. The van der Waals surface area contributed by atoms with Gasteiger partial charge in [-0.05, 0) is 94.4 Å². The maximum Gasteiger partial charge on any atom is 0.307 e. The molecule has 2 heterocycles. The molecule has 0 aliphatic carbocycles. The molecule has 14 heteroatoms. The first-order valence-corrected chi connectivity index (χ1v) is 19.2. The van der Waals surface area contributed by atoms with Crippen molar-refractivity contribution < 1.29 is 57.1 Å². The molecule has 0 aromatic heterocycles. The molecule has 0 spiro atoms. The third-order valence-corrected chi connectivity index (χ3v) is 9.81. The number of carbonyl (C=O) groups is 4. The minimum atomic E-state index is -0.243. The summed E-state index contributed by atoms with van der Waals surface area (Å²) in [7, 11) is 6.15. The standard InChI is InChI=1S/C41H58N2O12/c1-48-36-14-12-30(24-38(36)50-3)34(44)28-54-32-10-8-18-42(26-32)20-16-40(46)52-22-6-5-7-23-53-41(47)17-21-43-19-9-11-33(27-43)55-29-35(45)31-13-15-37(49-2)39(25-31)51-4/h12-15,24-25,32-33H,5-11,16-23,26-29H2,1-4H3. The maximum absolute atomic E-state index is 12.7. The lowest BCUT2D eigenvalue weighted by Gasteiger charge is -2.32. The average molecular weight is 771 g/mol. The molecule has 2 aliphatic rings. The van der Waals surface area contributed by atoms with E-state index < -0.39 is 0 Å². The zero-order valence-corrected chi connectivity index (χ0v) is 32.8. The fraction of sp³-hybridized carbons (Fsp3) is 0.610. The normalized spacial score (nSPS) is 17.6. The van der Waals surface area contributed by atoms with Crippen LogP contribution < -0.4 is 18.9 Å². The van der Waals surface area contributed by atoms with Crippen molar-refractivity contribution in [3.63, 3.8) is 0 Å². The van der Waals surface area contributed by atoms with E-state index in [0.29, 0.717) is 86.4 Å². The molecule has 2 saturated heterocycles. The van der Waals surface area contributed by atoms with Crippen LogP contribution in [-0.4, -0.2) is 140 Å². The molecule has 2 aliphatic heterocycles. The number of carbonyl (C=O) groups excluding carboxylic acids is 4. The van der Waals surface area contributed by atoms with Gasteiger partial charge >= 0.3 is 11.9 Å². The highest BCUT2D eigenvalue weighted by Gasteiger charge is 2.24. The van der Waals surface area contributed by atoms with E-state index >= 15 is 0 Å². The van der Waals surface area contributed by atoms with Crippen molar-refractivity contribution in [3.05, 3.63) is 47.5 Å². The third-order valence-electron chi connectivity index (χ3n) is 9.81. The largest absolute Gasteiger partial charge is 0.493 e. The molecular formula is C41H58N2O12. The van der Waals surface area contributed by atoms with Crippen molar-refractivity contribution in [2.45, 2.75) is 70.0 Å². The maximum atomic E-state index is 12.7. The summed E-state index contributed by atoms with van der Waals surface area (Å²) in [5.74, 6) is 1.36. The van der Waals surface area contributed by atoms with Crippen molar-refractivity contribution in [3.8, 4) is 23.0 Å². The molecule has 0 amide bonds. The Hall–Kier alpha value is -4.24. The molecule has 0 saturated carbocycles. The predicted octanol–water partition coefficient (Wildman–Crippen LogP) is 4.79. The Bertz CT molecular complexity index is 1420. The highest BCUT2D eigenvalue weighted by atomic mass is 16.5. The van der Waals surface area contributed by atoms with E-state index in [1.165, 1.54) is 14.2 Å². The summed E-state index contributed by atoms with van der Waals surface area (Å²) >= 11 is 0. The molecule has 2 atom stereocenters. The molecule has 304 valence electrons. The number of nitrogens with zero attached hydrogens (tertiary/aromatic N) is 2. The number of benzene rings is 2. The Morgan fingerprint density at radius 3 is 1.40 bits per heavy atom. The van der Waals surface area contributed by atoms with Gasteiger partial charge in [-0.3, -0.25) is 19.2 Å². The second kappa shape index (κ2) is 23.6. The quantitative estimate of drug-likeness (QED) is 0.0819. The number of piperidine rings is 2. The summed E-state index contributed by atoms with van der Waals surface area (Å²) in [6.45, 7) is 4.79. The number of unbranched alkanes of at least 4 members (excludes halogenated alkanes) is 2. The fourth-order valence-corrected chi connectivity index (χ4v) is 6.67. The van der Waals surface area contributed by atoms with Gasteiger partial charge in [0.05, 0.1) is 66.7 Å². The third kappa shape index (κ3) is 14.7. The van der Waals surface area contributed by atoms with Crippen LogP contribution in [0.15, 0.2) is 36.4 Å². The van der Waals surface area contributed by atoms with Crippen LogP contribution in [0.5, 0.6) is 23.0 Å². The molecule has 55 heavy (non-hydrogen) atoms. The molecule has 2 aromatic carbocycles. The Kier molecular flexibility index (Phi) is 18.7. The summed E-state index contributed by atoms with van der Waals surface area (Å²) in [6.07, 6.45) is 6.15. The van der Waals surface area contributed by atoms with Crippen LogP contribution in [0.25, 0.3) is 0 Å². The van der Waals surface area contributed by atoms with E-state index in [4.69, 9.17) is 37.9 Å². The van der Waals surface area contributed by atoms with Crippen LogP contribution in [0.4, 0.5) is 0 Å². The van der Waals surface area contributed by atoms with Crippen LogP contribution in [0.1, 0.15) is 78.5 Å². The Balaban J connectivity index is 0.993. The van der Waals surface area contributed by atoms with Gasteiger partial charge in [-0.1, -0.05) is 0 Å². The van der Waals surface area contributed by atoms with Crippen LogP contribution in [0.2, 0.25) is 0 Å². The Morgan fingerprint density at radius 2 is 1.00 bits per heavy atom. The molecule has 0 radical (unpaired) electrons. The van der Waals surface area contributed by atoms with E-state index in [9.17, 15) is 19.2 Å². The van der Waals surface area contributed by atoms with E-state index in [1.807, 2.05) is 0 Å². The lowest BCUT2D eigenvalue weighted by atomic mass is 10.1. The van der Waals surface area contributed by atoms with Gasteiger partial charge in [-0.2, -0.15) is 0 Å². The Morgan fingerprint density at radius 1 is 0.582 bits per heavy atom. The molecule has 0 bridgehead atoms. The van der Waals surface area contributed by atoms with E-state index in [-0.39, 0.29) is 61.8 Å². The SMILES string of the molecule is COc1ccc(C(=O)COC2CCCN(CCC(=O)OCCCCCOC(=O)CCN3CCCC(OCC(=O)c4ccc(OC)c(OC)c4)C3)C2)cc1OC. The van der Waals surface area contributed by atoms with Gasteiger partial charge in [0.25, 0.3) is 0 Å². The zero-order valence-electron chi connectivity index (χ0n) is 32.8. The van der Waals surface area contributed by atoms with Gasteiger partial charge in [0.1, 0.15) is 13.2 Å². The molecular weight excluding hydrogens is 712 g/mol. The number of hydrogen-bond acceptors (Lipinski definition) is 14. The minimum Gasteiger partial charge on any atom is -0.493 e. The van der Waals surface area contributed by atoms with Gasteiger partial charge < -0.3 is 47.7 Å². The first kappa shape index (κ1) is 43.5. The van der Waals surface area contributed by atoms with Crippen LogP contribution in [0, 0.1) is 0 Å². The second-order valence-corrected chi connectivity index (χ2v) is 13.7. The second-order valence-electron chi connectivity index (χ2n) is 13.7. The predicted molar refractivity (Wildman–Crippen MR) is 204 cm³/mol. The van der Waals surface area contributed by atoms with Gasteiger partial charge in [0, 0.05) is 37.3 Å². The number of Topliss-reactive ketones (excluding diaryl/α,β-unsaturated/α-hetero) is 2. The summed E-state index contributed by atoms with van der Waals surface area (Å²) in [5.41, 5.74) is 1.00. The van der Waals surface area contributed by atoms with E-state index in [0.717, 1.165) is 45.2 Å². The minimum absolute atomic E-state index is 0.0279. The van der Waals surface area contributed by atoms with Crippen molar-refractivity contribution >= 4 is 23.5 Å². The number of rotatable bonds is 24. The molecule has 4 rings (SSSR count). The zero-order chi connectivity index (χ0) is 39.4.